The van der Waals surface area contributed by atoms with Gasteiger partial charge in [-0.25, -0.2) is 9.97 Å². The summed E-state index contributed by atoms with van der Waals surface area (Å²) in [5, 5.41) is 3.96. The molecule has 0 bridgehead atoms. The summed E-state index contributed by atoms with van der Waals surface area (Å²) >= 11 is 5.96. The highest BCUT2D eigenvalue weighted by Gasteiger charge is 2.29. The average molecular weight is 408 g/mol. The highest BCUT2D eigenvalue weighted by atomic mass is 35.5. The van der Waals surface area contributed by atoms with E-state index in [2.05, 4.69) is 26.8 Å². The number of carbonyl (C=O) groups is 1. The average Bonchev–Trinajstić information content (AvgIpc) is 2.71. The molecule has 1 aliphatic heterocycles. The molecule has 8 heteroatoms. The molecule has 7 nitrogen and oxygen atoms in total. The second kappa shape index (κ2) is 8.28. The number of likely N-dealkylation sites (tertiary alicyclic amines) is 1. The number of nitrogens with zero attached hydrogens (tertiary/aromatic N) is 4. The summed E-state index contributed by atoms with van der Waals surface area (Å²) in [5.41, 5.74) is 2.57. The van der Waals surface area contributed by atoms with Crippen molar-refractivity contribution in [3.8, 4) is 22.9 Å². The molecule has 0 saturated carbocycles. The molecule has 29 heavy (non-hydrogen) atoms. The zero-order chi connectivity index (χ0) is 20.2. The molecule has 0 atom stereocenters. The van der Waals surface area contributed by atoms with Crippen LogP contribution in [0.1, 0.15) is 0 Å². The third-order valence-corrected chi connectivity index (χ3v) is 4.68. The summed E-state index contributed by atoms with van der Waals surface area (Å²) in [6.07, 6.45) is 8.19. The van der Waals surface area contributed by atoms with E-state index in [4.69, 9.17) is 16.3 Å². The molecule has 1 amide bonds. The molecule has 0 unspecified atom stereocenters. The number of hydrogen-bond acceptors (Lipinski definition) is 6. The van der Waals surface area contributed by atoms with Gasteiger partial charge in [-0.15, -0.1) is 0 Å². The Kier molecular flexibility index (Phi) is 5.39. The summed E-state index contributed by atoms with van der Waals surface area (Å²) in [6, 6.07) is 9.45. The molecular formula is C21H18ClN5O2. The van der Waals surface area contributed by atoms with Crippen LogP contribution in [0.25, 0.3) is 11.1 Å². The molecule has 1 fully saturated rings. The maximum Gasteiger partial charge on any atom is 0.321 e. The topological polar surface area (TPSA) is 80.2 Å². The summed E-state index contributed by atoms with van der Waals surface area (Å²) in [6.45, 7) is 4.80. The van der Waals surface area contributed by atoms with Crippen molar-refractivity contribution in [2.45, 2.75) is 6.04 Å². The van der Waals surface area contributed by atoms with Crippen molar-refractivity contribution in [2.24, 2.45) is 0 Å². The van der Waals surface area contributed by atoms with Crippen molar-refractivity contribution < 1.29 is 9.53 Å². The molecule has 0 aliphatic carbocycles. The fraction of sp³-hybridized carbons (Fsp3) is 0.143. The normalized spacial score (nSPS) is 13.5. The smallest absolute Gasteiger partial charge is 0.321 e. The second-order valence-electron chi connectivity index (χ2n) is 6.56. The summed E-state index contributed by atoms with van der Waals surface area (Å²) < 4.78 is 5.61. The lowest BCUT2D eigenvalue weighted by Crippen LogP contribution is -2.56. The molecule has 3 aromatic rings. The lowest BCUT2D eigenvalue weighted by atomic mass is 10.1. The van der Waals surface area contributed by atoms with Gasteiger partial charge in [0.25, 0.3) is 0 Å². The first-order chi connectivity index (χ1) is 14.1. The number of rotatable bonds is 6. The molecule has 1 aliphatic rings. The highest BCUT2D eigenvalue weighted by molar-refractivity contribution is 6.30. The molecule has 3 heterocycles. The number of benzene rings is 1. The van der Waals surface area contributed by atoms with E-state index in [-0.39, 0.29) is 18.0 Å². The first-order valence-corrected chi connectivity index (χ1v) is 9.37. The lowest BCUT2D eigenvalue weighted by molar-refractivity contribution is -0.129. The minimum absolute atomic E-state index is 0.0489. The molecule has 1 saturated heterocycles. The molecule has 1 N–H and O–H groups in total. The van der Waals surface area contributed by atoms with E-state index in [1.54, 1.807) is 54.0 Å². The Morgan fingerprint density at radius 1 is 1.17 bits per heavy atom. The Bertz CT molecular complexity index is 1040. The van der Waals surface area contributed by atoms with E-state index < -0.39 is 0 Å². The molecule has 146 valence electrons. The number of nitrogens with one attached hydrogen (secondary N) is 1. The monoisotopic (exact) mass is 407 g/mol. The number of amides is 1. The molecule has 1 aromatic carbocycles. The van der Waals surface area contributed by atoms with E-state index in [1.807, 2.05) is 6.07 Å². The van der Waals surface area contributed by atoms with Crippen LogP contribution in [-0.4, -0.2) is 44.9 Å². The van der Waals surface area contributed by atoms with Crippen molar-refractivity contribution >= 4 is 23.2 Å². The second-order valence-corrected chi connectivity index (χ2v) is 7.00. The molecular weight excluding hydrogens is 390 g/mol. The highest BCUT2D eigenvalue weighted by Crippen LogP contribution is 2.25. The fourth-order valence-electron chi connectivity index (χ4n) is 2.95. The van der Waals surface area contributed by atoms with Crippen LogP contribution in [0.3, 0.4) is 0 Å². The molecule has 0 spiro atoms. The van der Waals surface area contributed by atoms with E-state index in [1.165, 1.54) is 6.08 Å². The largest absolute Gasteiger partial charge is 0.424 e. The third-order valence-electron chi connectivity index (χ3n) is 4.44. The van der Waals surface area contributed by atoms with Crippen LogP contribution in [0.15, 0.2) is 67.8 Å². The van der Waals surface area contributed by atoms with Gasteiger partial charge in [-0.1, -0.05) is 24.2 Å². The van der Waals surface area contributed by atoms with E-state index in [0.717, 1.165) is 16.8 Å². The quantitative estimate of drug-likeness (QED) is 0.626. The number of aromatic nitrogens is 3. The standard InChI is InChI=1S/C21H18ClN5O2/c1-2-20(28)27-12-18(13-27)26-17-6-14(8-23-11-17)15-9-24-21(25-10-15)29-19-5-3-4-16(22)7-19/h2-11,18,26H,1,12-13H2. The number of halogens is 1. The Morgan fingerprint density at radius 3 is 2.69 bits per heavy atom. The van der Waals surface area contributed by atoms with Gasteiger partial charge in [-0.05, 0) is 30.3 Å². The SMILES string of the molecule is C=CC(=O)N1CC(Nc2cncc(-c3cnc(Oc4cccc(Cl)c4)nc3)c2)C1. The summed E-state index contributed by atoms with van der Waals surface area (Å²) in [5.74, 6) is 0.523. The maximum atomic E-state index is 11.5. The summed E-state index contributed by atoms with van der Waals surface area (Å²) in [7, 11) is 0. The van der Waals surface area contributed by atoms with Crippen molar-refractivity contribution in [1.29, 1.82) is 0 Å². The predicted octanol–water partition coefficient (Wildman–Crippen LogP) is 3.79. The minimum Gasteiger partial charge on any atom is -0.424 e. The number of anilines is 1. The van der Waals surface area contributed by atoms with Crippen molar-refractivity contribution in [2.75, 3.05) is 18.4 Å². The fourth-order valence-corrected chi connectivity index (χ4v) is 3.13. The Balaban J connectivity index is 1.40. The maximum absolute atomic E-state index is 11.5. The van der Waals surface area contributed by atoms with Gasteiger partial charge in [0.05, 0.1) is 11.7 Å². The summed E-state index contributed by atoms with van der Waals surface area (Å²) in [4.78, 5) is 26.1. The molecule has 0 radical (unpaired) electrons. The van der Waals surface area contributed by atoms with Gasteiger partial charge in [-0.3, -0.25) is 9.78 Å². The Hall–Kier alpha value is -3.45. The zero-order valence-electron chi connectivity index (χ0n) is 15.5. The number of ether oxygens (including phenoxy) is 1. The number of carbonyl (C=O) groups excluding carboxylic acids is 1. The lowest BCUT2D eigenvalue weighted by Gasteiger charge is -2.39. The van der Waals surface area contributed by atoms with Crippen molar-refractivity contribution in [1.82, 2.24) is 19.9 Å². The van der Waals surface area contributed by atoms with Crippen molar-refractivity contribution in [3.63, 3.8) is 0 Å². The van der Waals surface area contributed by atoms with Gasteiger partial charge >= 0.3 is 6.01 Å². The van der Waals surface area contributed by atoms with Gasteiger partial charge in [0.2, 0.25) is 5.91 Å². The minimum atomic E-state index is -0.0489. The van der Waals surface area contributed by atoms with Gasteiger partial charge in [-0.2, -0.15) is 0 Å². The van der Waals surface area contributed by atoms with Crippen LogP contribution in [0.5, 0.6) is 11.8 Å². The van der Waals surface area contributed by atoms with Gasteiger partial charge in [0, 0.05) is 54.0 Å². The van der Waals surface area contributed by atoms with Crippen molar-refractivity contribution in [3.05, 3.63) is 72.8 Å². The van der Waals surface area contributed by atoms with Crippen LogP contribution < -0.4 is 10.1 Å². The Morgan fingerprint density at radius 2 is 1.97 bits per heavy atom. The van der Waals surface area contributed by atoms with Gasteiger partial charge < -0.3 is 15.0 Å². The van der Waals surface area contributed by atoms with Crippen LogP contribution in [0.4, 0.5) is 5.69 Å². The van der Waals surface area contributed by atoms with Crippen LogP contribution in [0.2, 0.25) is 5.02 Å². The third kappa shape index (κ3) is 4.52. The van der Waals surface area contributed by atoms with Crippen LogP contribution in [0, 0.1) is 0 Å². The van der Waals surface area contributed by atoms with E-state index in [9.17, 15) is 4.79 Å². The molecule has 4 rings (SSSR count). The zero-order valence-corrected chi connectivity index (χ0v) is 16.2. The predicted molar refractivity (Wildman–Crippen MR) is 111 cm³/mol. The van der Waals surface area contributed by atoms with Gasteiger partial charge in [0.1, 0.15) is 5.75 Å². The Labute approximate surface area is 173 Å². The van der Waals surface area contributed by atoms with E-state index >= 15 is 0 Å². The number of pyridine rings is 1. The first-order valence-electron chi connectivity index (χ1n) is 8.99. The molecule has 2 aromatic heterocycles. The van der Waals surface area contributed by atoms with E-state index in [0.29, 0.717) is 23.9 Å². The van der Waals surface area contributed by atoms with Crippen LogP contribution in [-0.2, 0) is 4.79 Å². The van der Waals surface area contributed by atoms with Gasteiger partial charge in [0.15, 0.2) is 0 Å². The first kappa shape index (κ1) is 18.9. The van der Waals surface area contributed by atoms with Crippen LogP contribution >= 0.6 is 11.6 Å². The number of hydrogen-bond donors (Lipinski definition) is 1.